The Morgan fingerprint density at radius 3 is 2.26 bits per heavy atom. The monoisotopic (exact) mass is 840 g/mol. The smallest absolute Gasteiger partial charge is 0.423 e. The molecular formula is C46H49BN6O9. The number of piperidine rings is 1. The second kappa shape index (κ2) is 20.6. The summed E-state index contributed by atoms with van der Waals surface area (Å²) in [5.74, 6) is -3.30. The molecule has 6 amide bonds. The van der Waals surface area contributed by atoms with Crippen LogP contribution in [0.5, 0.6) is 0 Å². The molecule has 0 aliphatic carbocycles. The van der Waals surface area contributed by atoms with Crippen LogP contribution >= 0.6 is 0 Å². The highest BCUT2D eigenvalue weighted by Gasteiger charge is 2.44. The number of fused-ring (bicyclic) bond motifs is 3. The van der Waals surface area contributed by atoms with E-state index in [1.807, 2.05) is 30.3 Å². The molecule has 15 nitrogen and oxygen atoms in total. The van der Waals surface area contributed by atoms with Gasteiger partial charge >= 0.3 is 7.12 Å². The van der Waals surface area contributed by atoms with Crippen molar-refractivity contribution >= 4 is 54.3 Å². The van der Waals surface area contributed by atoms with Crippen molar-refractivity contribution in [3.63, 3.8) is 0 Å². The average molecular weight is 841 g/mol. The molecular weight excluding hydrogens is 791 g/mol. The molecule has 6 rings (SSSR count). The number of amides is 6. The molecule has 2 bridgehead atoms. The number of nitrogens with two attached hydrogens (primary N) is 1. The molecule has 4 aromatic rings. The summed E-state index contributed by atoms with van der Waals surface area (Å²) in [5.41, 5.74) is 8.70. The van der Waals surface area contributed by atoms with Gasteiger partial charge in [-0.15, -0.1) is 0 Å². The Bertz CT molecular complexity index is 2340. The SMILES string of the molecule is NC(=O)[C@@H]1CCNC(=O)/C=C\C(=O)N2CCC[C@](Cc3ccccc3)(C2)C(=O)N[C@@H](Cc2ccc(-c3ccc(C=O)c(B(O)O)c3)cc2)C(=O)NCc2ccccc2CC(=O)N1. The highest BCUT2D eigenvalue weighted by atomic mass is 16.4. The maximum atomic E-state index is 14.8. The summed E-state index contributed by atoms with van der Waals surface area (Å²) in [6.07, 6.45) is 3.83. The van der Waals surface area contributed by atoms with Gasteiger partial charge in [0.2, 0.25) is 35.4 Å². The van der Waals surface area contributed by atoms with Crippen LogP contribution in [-0.2, 0) is 54.6 Å². The Kier molecular flexibility index (Phi) is 14.8. The lowest BCUT2D eigenvalue weighted by atomic mass is 9.74. The number of primary amides is 1. The molecule has 0 unspecified atom stereocenters. The third-order valence-corrected chi connectivity index (χ3v) is 11.3. The fourth-order valence-electron chi connectivity index (χ4n) is 7.95. The average Bonchev–Trinajstić information content (AvgIpc) is 3.27. The van der Waals surface area contributed by atoms with Gasteiger partial charge in [-0.3, -0.25) is 33.6 Å². The number of nitrogens with one attached hydrogen (secondary N) is 4. The van der Waals surface area contributed by atoms with Crippen molar-refractivity contribution in [1.82, 2.24) is 26.2 Å². The molecule has 62 heavy (non-hydrogen) atoms. The zero-order valence-corrected chi connectivity index (χ0v) is 34.0. The van der Waals surface area contributed by atoms with Crippen molar-refractivity contribution < 1.29 is 43.6 Å². The number of nitrogens with zero attached hydrogens (tertiary/aromatic N) is 1. The summed E-state index contributed by atoms with van der Waals surface area (Å²) >= 11 is 0. The second-order valence-electron chi connectivity index (χ2n) is 15.7. The molecule has 320 valence electrons. The van der Waals surface area contributed by atoms with Crippen LogP contribution in [0.25, 0.3) is 11.1 Å². The lowest BCUT2D eigenvalue weighted by molar-refractivity contribution is -0.141. The van der Waals surface area contributed by atoms with E-state index in [4.69, 9.17) is 5.73 Å². The lowest BCUT2D eigenvalue weighted by Gasteiger charge is -2.42. The molecule has 2 aliphatic rings. The van der Waals surface area contributed by atoms with Gasteiger partial charge in [0.1, 0.15) is 18.4 Å². The largest absolute Gasteiger partial charge is 0.489 e. The standard InChI is InChI=1S/C46H49BN6O9/c48-43(58)38-19-21-49-40(55)17-18-42(57)53-22-6-20-46(29-53,26-31-7-2-1-3-8-31)45(60)52-39(44(59)50-27-35-10-5-4-9-33(35)25-41(56)51-38)23-30-11-13-32(14-12-30)34-15-16-36(28-54)37(24-34)47(61)62/h1-5,7-18,24,28,38-39,61-62H,6,19-23,25-27,29H2,(H2,48,58)(H,49,55)(H,50,59)(H,51,56)(H,52,60)/b18-17-/t38-,39-,46-/m0/s1. The zero-order chi connectivity index (χ0) is 44.2. The first-order valence-corrected chi connectivity index (χ1v) is 20.4. The number of hydrogen-bond acceptors (Lipinski definition) is 9. The molecule has 0 spiro atoms. The first-order valence-electron chi connectivity index (χ1n) is 20.4. The molecule has 0 saturated carbocycles. The highest BCUT2D eigenvalue weighted by molar-refractivity contribution is 6.60. The number of aldehydes is 1. The third kappa shape index (κ3) is 11.5. The van der Waals surface area contributed by atoms with Crippen molar-refractivity contribution in [2.75, 3.05) is 19.6 Å². The van der Waals surface area contributed by atoms with E-state index < -0.39 is 60.1 Å². The van der Waals surface area contributed by atoms with E-state index in [9.17, 15) is 43.6 Å². The van der Waals surface area contributed by atoms with Crippen molar-refractivity contribution in [2.24, 2.45) is 11.1 Å². The van der Waals surface area contributed by atoms with E-state index >= 15 is 0 Å². The zero-order valence-electron chi connectivity index (χ0n) is 34.0. The number of rotatable bonds is 8. The fraction of sp³-hybridized carbons (Fsp3) is 0.283. The van der Waals surface area contributed by atoms with Crippen LogP contribution in [0.4, 0.5) is 0 Å². The third-order valence-electron chi connectivity index (χ3n) is 11.3. The Balaban J connectivity index is 1.34. The number of carbonyl (C=O) groups is 7. The fourth-order valence-corrected chi connectivity index (χ4v) is 7.95. The van der Waals surface area contributed by atoms with E-state index in [0.29, 0.717) is 53.5 Å². The molecule has 0 radical (unpaired) electrons. The topological polar surface area (TPSA) is 237 Å². The number of carbonyl (C=O) groups excluding carboxylic acids is 7. The molecule has 1 saturated heterocycles. The molecule has 0 aromatic heterocycles. The predicted octanol–water partition coefficient (Wildman–Crippen LogP) is 0.630. The van der Waals surface area contributed by atoms with Gasteiger partial charge in [0.25, 0.3) is 0 Å². The van der Waals surface area contributed by atoms with Crippen LogP contribution in [0.15, 0.2) is 109 Å². The molecule has 1 fully saturated rings. The molecule has 2 aliphatic heterocycles. The summed E-state index contributed by atoms with van der Waals surface area (Å²) in [6, 6.07) is 26.0. The highest BCUT2D eigenvalue weighted by Crippen LogP contribution is 2.35. The normalized spacial score (nSPS) is 21.1. The van der Waals surface area contributed by atoms with Crippen LogP contribution in [0.1, 0.15) is 51.9 Å². The minimum absolute atomic E-state index is 0.00152. The molecule has 16 heteroatoms. The minimum atomic E-state index is -1.85. The first kappa shape index (κ1) is 44.6. The minimum Gasteiger partial charge on any atom is -0.423 e. The van der Waals surface area contributed by atoms with Crippen molar-refractivity contribution in [3.8, 4) is 11.1 Å². The van der Waals surface area contributed by atoms with Crippen LogP contribution in [0.3, 0.4) is 0 Å². The Morgan fingerprint density at radius 1 is 0.839 bits per heavy atom. The van der Waals surface area contributed by atoms with Crippen LogP contribution in [-0.4, -0.2) is 95.5 Å². The number of benzene rings is 4. The van der Waals surface area contributed by atoms with Gasteiger partial charge in [0.05, 0.1) is 11.8 Å². The van der Waals surface area contributed by atoms with Crippen LogP contribution < -0.4 is 32.5 Å². The summed E-state index contributed by atoms with van der Waals surface area (Å²) in [6.45, 7) is 0.331. The van der Waals surface area contributed by atoms with E-state index in [0.717, 1.165) is 17.7 Å². The van der Waals surface area contributed by atoms with Crippen molar-refractivity contribution in [1.29, 1.82) is 0 Å². The quantitative estimate of drug-likeness (QED) is 0.0972. The molecule has 2 heterocycles. The van der Waals surface area contributed by atoms with Gasteiger partial charge in [-0.05, 0) is 64.5 Å². The van der Waals surface area contributed by atoms with Gasteiger partial charge in [0.15, 0.2) is 0 Å². The summed E-state index contributed by atoms with van der Waals surface area (Å²) in [7, 11) is -1.85. The predicted molar refractivity (Wildman–Crippen MR) is 231 cm³/mol. The second-order valence-corrected chi connectivity index (χ2v) is 15.7. The van der Waals surface area contributed by atoms with Crippen molar-refractivity contribution in [3.05, 3.63) is 137 Å². The lowest BCUT2D eigenvalue weighted by Crippen LogP contribution is -2.58. The van der Waals surface area contributed by atoms with E-state index in [1.165, 1.54) is 17.0 Å². The summed E-state index contributed by atoms with van der Waals surface area (Å²) < 4.78 is 0. The van der Waals surface area contributed by atoms with Gasteiger partial charge in [-0.1, -0.05) is 97.1 Å². The summed E-state index contributed by atoms with van der Waals surface area (Å²) in [5, 5.41) is 30.9. The Morgan fingerprint density at radius 2 is 1.55 bits per heavy atom. The first-order chi connectivity index (χ1) is 29.8. The maximum Gasteiger partial charge on any atom is 0.489 e. The Labute approximate surface area is 359 Å². The molecule has 4 aromatic carbocycles. The van der Waals surface area contributed by atoms with E-state index in [-0.39, 0.29) is 56.3 Å². The van der Waals surface area contributed by atoms with Gasteiger partial charge in [-0.2, -0.15) is 0 Å². The molecule has 3 atom stereocenters. The van der Waals surface area contributed by atoms with Crippen LogP contribution in [0, 0.1) is 5.41 Å². The van der Waals surface area contributed by atoms with E-state index in [2.05, 4.69) is 21.3 Å². The van der Waals surface area contributed by atoms with Gasteiger partial charge in [0, 0.05) is 50.3 Å². The molecule has 8 N–H and O–H groups in total. The van der Waals surface area contributed by atoms with Gasteiger partial charge < -0.3 is 41.9 Å². The van der Waals surface area contributed by atoms with Gasteiger partial charge in [-0.25, -0.2) is 0 Å². The Hall–Kier alpha value is -6.91. The van der Waals surface area contributed by atoms with Crippen LogP contribution in [0.2, 0.25) is 0 Å². The van der Waals surface area contributed by atoms with Crippen molar-refractivity contribution in [2.45, 2.75) is 57.2 Å². The number of hydrogen-bond donors (Lipinski definition) is 7. The van der Waals surface area contributed by atoms with E-state index in [1.54, 1.807) is 54.6 Å². The maximum absolute atomic E-state index is 14.8. The summed E-state index contributed by atoms with van der Waals surface area (Å²) in [4.78, 5) is 93.9.